The van der Waals surface area contributed by atoms with Gasteiger partial charge in [0.05, 0.1) is 21.2 Å². The first-order valence-electron chi connectivity index (χ1n) is 6.85. The van der Waals surface area contributed by atoms with Crippen molar-refractivity contribution in [1.82, 2.24) is 0 Å². The lowest BCUT2D eigenvalue weighted by atomic mass is 10.1. The Hall–Kier alpha value is -2.93. The summed E-state index contributed by atoms with van der Waals surface area (Å²) in [6.07, 6.45) is 0. The minimum atomic E-state index is -0.653. The Kier molecular flexibility index (Phi) is 5.49. The van der Waals surface area contributed by atoms with Gasteiger partial charge in [0.25, 0.3) is 11.6 Å². The van der Waals surface area contributed by atoms with Gasteiger partial charge in [0.1, 0.15) is 0 Å². The summed E-state index contributed by atoms with van der Waals surface area (Å²) in [4.78, 5) is 33.9. The number of carbonyl (C=O) groups excluding carboxylic acids is 2. The van der Waals surface area contributed by atoms with Crippen LogP contribution in [-0.4, -0.2) is 23.4 Å². The predicted octanol–water partition coefficient (Wildman–Crippen LogP) is 3.35. The summed E-state index contributed by atoms with van der Waals surface area (Å²) in [6, 6.07) is 10.5. The van der Waals surface area contributed by atoms with Crippen molar-refractivity contribution in [3.8, 4) is 0 Å². The van der Waals surface area contributed by atoms with E-state index < -0.39 is 23.4 Å². The first kappa shape index (κ1) is 17.4. The van der Waals surface area contributed by atoms with Crippen molar-refractivity contribution in [2.45, 2.75) is 6.92 Å². The van der Waals surface area contributed by atoms with E-state index in [9.17, 15) is 19.7 Å². The van der Waals surface area contributed by atoms with E-state index in [-0.39, 0.29) is 16.4 Å². The lowest BCUT2D eigenvalue weighted by Gasteiger charge is -2.09. The van der Waals surface area contributed by atoms with E-state index in [4.69, 9.17) is 16.3 Å². The van der Waals surface area contributed by atoms with Gasteiger partial charge in [0.15, 0.2) is 6.61 Å². The minimum absolute atomic E-state index is 0.0720. The third-order valence-corrected chi connectivity index (χ3v) is 3.46. The fraction of sp³-hybridized carbons (Fsp3) is 0.125. The third kappa shape index (κ3) is 4.30. The van der Waals surface area contributed by atoms with E-state index >= 15 is 0 Å². The summed E-state index contributed by atoms with van der Waals surface area (Å²) in [5.41, 5.74) is 0.942. The molecular weight excluding hydrogens is 336 g/mol. The molecule has 0 bridgehead atoms. The topological polar surface area (TPSA) is 98.5 Å². The molecular formula is C16H13ClN2O5. The van der Waals surface area contributed by atoms with Crippen molar-refractivity contribution in [1.29, 1.82) is 0 Å². The second-order valence-electron chi connectivity index (χ2n) is 4.86. The maximum atomic E-state index is 11.9. The van der Waals surface area contributed by atoms with Gasteiger partial charge < -0.3 is 10.1 Å². The van der Waals surface area contributed by atoms with Gasteiger partial charge in [0.2, 0.25) is 0 Å². The first-order chi connectivity index (χ1) is 11.4. The normalized spacial score (nSPS) is 10.1. The smallest absolute Gasteiger partial charge is 0.338 e. The van der Waals surface area contributed by atoms with E-state index in [0.29, 0.717) is 5.56 Å². The average molecular weight is 349 g/mol. The largest absolute Gasteiger partial charge is 0.452 e. The Morgan fingerprint density at radius 1 is 1.25 bits per heavy atom. The molecule has 8 heteroatoms. The molecule has 0 aromatic heterocycles. The van der Waals surface area contributed by atoms with Crippen molar-refractivity contribution in [3.05, 3.63) is 68.7 Å². The molecule has 0 fully saturated rings. The molecule has 0 unspecified atom stereocenters. The van der Waals surface area contributed by atoms with Crippen LogP contribution in [0.3, 0.4) is 0 Å². The predicted molar refractivity (Wildman–Crippen MR) is 88.2 cm³/mol. The summed E-state index contributed by atoms with van der Waals surface area (Å²) >= 11 is 5.88. The number of hydrogen-bond donors (Lipinski definition) is 1. The second kappa shape index (κ2) is 7.56. The van der Waals surface area contributed by atoms with Gasteiger partial charge in [0, 0.05) is 12.1 Å². The van der Waals surface area contributed by atoms with E-state index in [1.807, 2.05) is 0 Å². The number of benzene rings is 2. The van der Waals surface area contributed by atoms with E-state index in [2.05, 4.69) is 5.32 Å². The molecule has 0 atom stereocenters. The highest BCUT2D eigenvalue weighted by molar-refractivity contribution is 6.33. The molecule has 7 nitrogen and oxygen atoms in total. The Morgan fingerprint density at radius 2 is 1.96 bits per heavy atom. The van der Waals surface area contributed by atoms with Gasteiger partial charge in [-0.25, -0.2) is 4.79 Å². The number of nitro benzene ring substituents is 1. The summed E-state index contributed by atoms with van der Waals surface area (Å²) < 4.78 is 4.93. The number of rotatable bonds is 5. The molecule has 0 aliphatic carbocycles. The van der Waals surface area contributed by atoms with Crippen LogP contribution in [0.5, 0.6) is 0 Å². The van der Waals surface area contributed by atoms with Gasteiger partial charge in [-0.05, 0) is 24.6 Å². The summed E-state index contributed by atoms with van der Waals surface area (Å²) in [5, 5.41) is 13.2. The lowest BCUT2D eigenvalue weighted by Crippen LogP contribution is -2.21. The fourth-order valence-corrected chi connectivity index (χ4v) is 2.08. The Morgan fingerprint density at radius 3 is 2.62 bits per heavy atom. The molecule has 0 heterocycles. The lowest BCUT2D eigenvalue weighted by molar-refractivity contribution is -0.384. The van der Waals surface area contributed by atoms with Crippen LogP contribution < -0.4 is 5.32 Å². The van der Waals surface area contributed by atoms with Crippen LogP contribution in [0.2, 0.25) is 5.02 Å². The maximum absolute atomic E-state index is 11.9. The zero-order chi connectivity index (χ0) is 17.7. The molecule has 1 amide bonds. The first-order valence-corrected chi connectivity index (χ1v) is 7.23. The third-order valence-electron chi connectivity index (χ3n) is 3.13. The van der Waals surface area contributed by atoms with Crippen molar-refractivity contribution in [3.63, 3.8) is 0 Å². The molecule has 2 aromatic rings. The maximum Gasteiger partial charge on any atom is 0.338 e. The molecule has 124 valence electrons. The standard InChI is InChI=1S/C16H13ClN2O5/c1-10-4-2-3-5-12(10)16(21)24-9-15(20)18-14-8-11(19(22)23)6-7-13(14)17/h2-8H,9H2,1H3,(H,18,20). The zero-order valence-corrected chi connectivity index (χ0v) is 13.4. The Bertz CT molecular complexity index is 807. The number of nitro groups is 1. The number of amides is 1. The van der Waals surface area contributed by atoms with Gasteiger partial charge in [-0.3, -0.25) is 14.9 Å². The van der Waals surface area contributed by atoms with Crippen LogP contribution in [0, 0.1) is 17.0 Å². The molecule has 1 N–H and O–H groups in total. The highest BCUT2D eigenvalue weighted by Crippen LogP contribution is 2.26. The van der Waals surface area contributed by atoms with Crippen molar-refractivity contribution >= 4 is 34.9 Å². The molecule has 0 radical (unpaired) electrons. The molecule has 0 aliphatic rings. The Labute approximate surface area is 142 Å². The SMILES string of the molecule is Cc1ccccc1C(=O)OCC(=O)Nc1cc([N+](=O)[O-])ccc1Cl. The fourth-order valence-electron chi connectivity index (χ4n) is 1.92. The van der Waals surface area contributed by atoms with Gasteiger partial charge in [-0.1, -0.05) is 29.8 Å². The molecule has 2 rings (SSSR count). The van der Waals surface area contributed by atoms with Crippen molar-refractivity contribution in [2.24, 2.45) is 0 Å². The molecule has 0 saturated heterocycles. The molecule has 24 heavy (non-hydrogen) atoms. The van der Waals surface area contributed by atoms with Gasteiger partial charge in [-0.2, -0.15) is 0 Å². The summed E-state index contributed by atoms with van der Waals surface area (Å²) in [7, 11) is 0. The number of ether oxygens (including phenoxy) is 1. The number of nitrogens with zero attached hydrogens (tertiary/aromatic N) is 1. The van der Waals surface area contributed by atoms with Crippen LogP contribution in [0.4, 0.5) is 11.4 Å². The number of hydrogen-bond acceptors (Lipinski definition) is 5. The summed E-state index contributed by atoms with van der Waals surface area (Å²) in [6.45, 7) is 1.21. The van der Waals surface area contributed by atoms with Crippen LogP contribution >= 0.6 is 11.6 Å². The van der Waals surface area contributed by atoms with Crippen molar-refractivity contribution in [2.75, 3.05) is 11.9 Å². The highest BCUT2D eigenvalue weighted by atomic mass is 35.5. The average Bonchev–Trinajstić information content (AvgIpc) is 2.55. The zero-order valence-electron chi connectivity index (χ0n) is 12.6. The number of anilines is 1. The minimum Gasteiger partial charge on any atom is -0.452 e. The van der Waals surface area contributed by atoms with Gasteiger partial charge >= 0.3 is 5.97 Å². The van der Waals surface area contributed by atoms with Crippen molar-refractivity contribution < 1.29 is 19.2 Å². The van der Waals surface area contributed by atoms with E-state index in [0.717, 1.165) is 11.6 Å². The number of aryl methyl sites for hydroxylation is 1. The molecule has 0 aliphatic heterocycles. The van der Waals surface area contributed by atoms with Crippen LogP contribution in [0.25, 0.3) is 0 Å². The number of nitrogens with one attached hydrogen (secondary N) is 1. The number of carbonyl (C=O) groups is 2. The highest BCUT2D eigenvalue weighted by Gasteiger charge is 2.15. The number of esters is 1. The Balaban J connectivity index is 1.99. The van der Waals surface area contributed by atoms with Crippen LogP contribution in [-0.2, 0) is 9.53 Å². The van der Waals surface area contributed by atoms with Crippen LogP contribution in [0.15, 0.2) is 42.5 Å². The van der Waals surface area contributed by atoms with E-state index in [1.54, 1.807) is 31.2 Å². The van der Waals surface area contributed by atoms with Crippen LogP contribution in [0.1, 0.15) is 15.9 Å². The monoisotopic (exact) mass is 348 g/mol. The van der Waals surface area contributed by atoms with E-state index in [1.165, 1.54) is 12.1 Å². The summed E-state index contributed by atoms with van der Waals surface area (Å²) in [5.74, 6) is -1.28. The quantitative estimate of drug-likeness (QED) is 0.507. The molecule has 2 aromatic carbocycles. The molecule has 0 spiro atoms. The number of halogens is 1. The number of non-ortho nitro benzene ring substituents is 1. The van der Waals surface area contributed by atoms with Gasteiger partial charge in [-0.15, -0.1) is 0 Å². The molecule has 0 saturated carbocycles. The second-order valence-corrected chi connectivity index (χ2v) is 5.27.